The Bertz CT molecular complexity index is 941. The van der Waals surface area contributed by atoms with E-state index in [2.05, 4.69) is 4.90 Å². The molecule has 27 heavy (non-hydrogen) atoms. The second-order valence-electron chi connectivity index (χ2n) is 7.84. The summed E-state index contributed by atoms with van der Waals surface area (Å²) in [5.41, 5.74) is 1.78. The normalized spacial score (nSPS) is 18.3. The third kappa shape index (κ3) is 3.16. The third-order valence-electron chi connectivity index (χ3n) is 6.04. The zero-order valence-corrected chi connectivity index (χ0v) is 15.6. The summed E-state index contributed by atoms with van der Waals surface area (Å²) in [6.07, 6.45) is 6.87. The Kier molecular flexibility index (Phi) is 4.76. The van der Waals surface area contributed by atoms with E-state index < -0.39 is 11.2 Å². The molecular weight excluding hydrogens is 347 g/mol. The molecule has 0 bridgehead atoms. The number of aldehydes is 1. The lowest BCUT2D eigenvalue weighted by atomic mass is 9.93. The van der Waals surface area contributed by atoms with Gasteiger partial charge < -0.3 is 14.6 Å². The zero-order chi connectivity index (χ0) is 19.1. The van der Waals surface area contributed by atoms with Gasteiger partial charge in [-0.2, -0.15) is 0 Å². The number of hydrogen-bond acceptors (Lipinski definition) is 4. The van der Waals surface area contributed by atoms with Crippen LogP contribution in [0, 0.1) is 18.7 Å². The molecule has 2 aromatic rings. The Morgan fingerprint density at radius 3 is 2.56 bits per heavy atom. The molecule has 2 fully saturated rings. The lowest BCUT2D eigenvalue weighted by molar-refractivity contribution is 0.112. The number of benzene rings is 1. The number of anilines is 1. The smallest absolute Gasteiger partial charge is 0.200 e. The van der Waals surface area contributed by atoms with E-state index in [-0.39, 0.29) is 18.2 Å². The van der Waals surface area contributed by atoms with Gasteiger partial charge in [-0.1, -0.05) is 0 Å². The Labute approximate surface area is 157 Å². The average molecular weight is 372 g/mol. The maximum absolute atomic E-state index is 15.1. The SMILES string of the molecule is Cc1c(N2CCC(CCO)CC2)c(F)cc2c(=O)c(C=O)cn(C3CC3)c12. The molecule has 144 valence electrons. The fourth-order valence-corrected chi connectivity index (χ4v) is 4.43. The van der Waals surface area contributed by atoms with Gasteiger partial charge in [-0.3, -0.25) is 9.59 Å². The van der Waals surface area contributed by atoms with Crippen molar-refractivity contribution in [3.05, 3.63) is 39.4 Å². The van der Waals surface area contributed by atoms with Crippen LogP contribution in [-0.2, 0) is 0 Å². The lowest BCUT2D eigenvalue weighted by Crippen LogP contribution is -2.35. The van der Waals surface area contributed by atoms with Crippen LogP contribution in [0.15, 0.2) is 17.1 Å². The minimum atomic E-state index is -0.400. The number of rotatable bonds is 5. The summed E-state index contributed by atoms with van der Waals surface area (Å²) in [7, 11) is 0. The molecule has 0 spiro atoms. The van der Waals surface area contributed by atoms with E-state index in [0.29, 0.717) is 23.3 Å². The van der Waals surface area contributed by atoms with E-state index in [1.54, 1.807) is 6.20 Å². The molecule has 5 nitrogen and oxygen atoms in total. The topological polar surface area (TPSA) is 62.5 Å². The molecule has 2 heterocycles. The number of aliphatic hydroxyl groups is 1. The lowest BCUT2D eigenvalue weighted by Gasteiger charge is -2.35. The van der Waals surface area contributed by atoms with Crippen LogP contribution < -0.4 is 10.3 Å². The number of aliphatic hydroxyl groups excluding tert-OH is 1. The number of pyridine rings is 1. The van der Waals surface area contributed by atoms with Crippen molar-refractivity contribution in [2.75, 3.05) is 24.6 Å². The number of hydrogen-bond donors (Lipinski definition) is 1. The molecule has 0 unspecified atom stereocenters. The quantitative estimate of drug-likeness (QED) is 0.819. The first-order valence-corrected chi connectivity index (χ1v) is 9.74. The highest BCUT2D eigenvalue weighted by atomic mass is 19.1. The van der Waals surface area contributed by atoms with E-state index in [1.807, 2.05) is 11.5 Å². The van der Waals surface area contributed by atoms with Crippen molar-refractivity contribution in [2.45, 2.75) is 45.1 Å². The maximum Gasteiger partial charge on any atom is 0.200 e. The predicted molar refractivity (Wildman–Crippen MR) is 103 cm³/mol. The van der Waals surface area contributed by atoms with E-state index in [1.165, 1.54) is 6.07 Å². The Morgan fingerprint density at radius 2 is 1.96 bits per heavy atom. The monoisotopic (exact) mass is 372 g/mol. The van der Waals surface area contributed by atoms with Gasteiger partial charge in [0.05, 0.1) is 16.8 Å². The molecule has 1 aliphatic carbocycles. The first kappa shape index (κ1) is 18.2. The minimum absolute atomic E-state index is 0.0887. The molecule has 2 aliphatic rings. The molecule has 1 aromatic carbocycles. The number of fused-ring (bicyclic) bond motifs is 1. The van der Waals surface area contributed by atoms with Gasteiger partial charge >= 0.3 is 0 Å². The van der Waals surface area contributed by atoms with Crippen LogP contribution in [0.5, 0.6) is 0 Å². The van der Waals surface area contributed by atoms with E-state index >= 15 is 4.39 Å². The largest absolute Gasteiger partial charge is 0.396 e. The Balaban J connectivity index is 1.82. The van der Waals surface area contributed by atoms with Crippen LogP contribution in [0.3, 0.4) is 0 Å². The summed E-state index contributed by atoms with van der Waals surface area (Å²) in [5.74, 6) is 0.0815. The number of carbonyl (C=O) groups is 1. The van der Waals surface area contributed by atoms with Gasteiger partial charge in [0.15, 0.2) is 11.7 Å². The molecule has 1 saturated carbocycles. The van der Waals surface area contributed by atoms with Crippen molar-refractivity contribution in [1.29, 1.82) is 0 Å². The summed E-state index contributed by atoms with van der Waals surface area (Å²) in [6.45, 7) is 3.56. The van der Waals surface area contributed by atoms with Crippen molar-refractivity contribution >= 4 is 22.9 Å². The molecule has 0 amide bonds. The first-order valence-electron chi connectivity index (χ1n) is 9.74. The van der Waals surface area contributed by atoms with E-state index in [4.69, 9.17) is 5.11 Å². The standard InChI is InChI=1S/C21H25FN2O3/c1-13-19-17(21(27)15(12-26)11-24(19)16-2-3-16)10-18(22)20(13)23-7-4-14(5-8-23)6-9-25/h10-12,14,16,25H,2-9H2,1H3. The number of aromatic nitrogens is 1. The number of halogens is 1. The first-order chi connectivity index (χ1) is 13.0. The highest BCUT2D eigenvalue weighted by Crippen LogP contribution is 2.40. The molecular formula is C21H25FN2O3. The van der Waals surface area contributed by atoms with Crippen molar-refractivity contribution in [3.8, 4) is 0 Å². The van der Waals surface area contributed by atoms with Crippen LogP contribution in [0.2, 0.25) is 0 Å². The predicted octanol–water partition coefficient (Wildman–Crippen LogP) is 3.20. The maximum atomic E-state index is 15.1. The van der Waals surface area contributed by atoms with Gasteiger partial charge in [0.1, 0.15) is 5.82 Å². The minimum Gasteiger partial charge on any atom is -0.396 e. The summed E-state index contributed by atoms with van der Waals surface area (Å²) >= 11 is 0. The molecule has 1 aromatic heterocycles. The van der Waals surface area contributed by atoms with Gasteiger partial charge in [0, 0.05) is 37.3 Å². The molecule has 1 aliphatic heterocycles. The number of carbonyl (C=O) groups excluding carboxylic acids is 1. The second kappa shape index (κ2) is 7.08. The van der Waals surface area contributed by atoms with Crippen LogP contribution in [0.4, 0.5) is 10.1 Å². The Hall–Kier alpha value is -2.21. The zero-order valence-electron chi connectivity index (χ0n) is 15.6. The fourth-order valence-electron chi connectivity index (χ4n) is 4.43. The average Bonchev–Trinajstić information content (AvgIpc) is 3.49. The summed E-state index contributed by atoms with van der Waals surface area (Å²) in [6, 6.07) is 1.59. The third-order valence-corrected chi connectivity index (χ3v) is 6.04. The summed E-state index contributed by atoms with van der Waals surface area (Å²) in [5, 5.41) is 9.43. The summed E-state index contributed by atoms with van der Waals surface area (Å²) in [4.78, 5) is 26.0. The number of nitrogens with zero attached hydrogens (tertiary/aromatic N) is 2. The number of piperidine rings is 1. The highest BCUT2D eigenvalue weighted by molar-refractivity contribution is 5.91. The molecule has 1 N–H and O–H groups in total. The van der Waals surface area contributed by atoms with Crippen molar-refractivity contribution in [1.82, 2.24) is 4.57 Å². The van der Waals surface area contributed by atoms with Gasteiger partial charge in [-0.25, -0.2) is 4.39 Å². The molecule has 6 heteroatoms. The van der Waals surface area contributed by atoms with Crippen LogP contribution in [0.25, 0.3) is 10.9 Å². The molecule has 0 atom stereocenters. The second-order valence-corrected chi connectivity index (χ2v) is 7.84. The van der Waals surface area contributed by atoms with Crippen molar-refractivity contribution in [3.63, 3.8) is 0 Å². The van der Waals surface area contributed by atoms with Crippen molar-refractivity contribution < 1.29 is 14.3 Å². The van der Waals surface area contributed by atoms with E-state index in [0.717, 1.165) is 56.3 Å². The van der Waals surface area contributed by atoms with Gasteiger partial charge in [-0.15, -0.1) is 0 Å². The van der Waals surface area contributed by atoms with Crippen molar-refractivity contribution in [2.24, 2.45) is 5.92 Å². The Morgan fingerprint density at radius 1 is 1.26 bits per heavy atom. The summed E-state index contributed by atoms with van der Waals surface area (Å²) < 4.78 is 17.1. The molecule has 4 rings (SSSR count). The molecule has 1 saturated heterocycles. The van der Waals surface area contributed by atoms with Crippen LogP contribution >= 0.6 is 0 Å². The van der Waals surface area contributed by atoms with Crippen LogP contribution in [-0.4, -0.2) is 35.7 Å². The van der Waals surface area contributed by atoms with Gasteiger partial charge in [-0.05, 0) is 56.6 Å². The highest BCUT2D eigenvalue weighted by Gasteiger charge is 2.29. The number of aryl methyl sites for hydroxylation is 1. The van der Waals surface area contributed by atoms with E-state index in [9.17, 15) is 9.59 Å². The van der Waals surface area contributed by atoms with Gasteiger partial charge in [0.2, 0.25) is 0 Å². The van der Waals surface area contributed by atoms with Crippen LogP contribution in [0.1, 0.15) is 54.1 Å². The molecule has 0 radical (unpaired) electrons. The van der Waals surface area contributed by atoms with Gasteiger partial charge in [0.25, 0.3) is 0 Å². The fraction of sp³-hybridized carbons (Fsp3) is 0.524.